The molecular formula is C29H28F6N2O5. The van der Waals surface area contributed by atoms with E-state index in [9.17, 15) is 36.2 Å². The molecule has 1 aliphatic heterocycles. The minimum atomic E-state index is -4.89. The van der Waals surface area contributed by atoms with Crippen LogP contribution in [-0.4, -0.2) is 49.0 Å². The highest BCUT2D eigenvalue weighted by Crippen LogP contribution is 2.43. The third-order valence-corrected chi connectivity index (χ3v) is 7.03. The molecule has 4 rings (SSSR count). The third kappa shape index (κ3) is 8.07. The van der Waals surface area contributed by atoms with Crippen LogP contribution in [0.15, 0.2) is 72.8 Å². The monoisotopic (exact) mass is 598 g/mol. The minimum Gasteiger partial charge on any atom is -0.453 e. The maximum atomic E-state index is 12.7. The molecular weight excluding hydrogens is 570 g/mol. The van der Waals surface area contributed by atoms with Crippen molar-refractivity contribution in [2.45, 2.75) is 37.7 Å². The van der Waals surface area contributed by atoms with Gasteiger partial charge < -0.3 is 19.3 Å². The maximum Gasteiger partial charge on any atom is 0.573 e. The van der Waals surface area contributed by atoms with Crippen molar-refractivity contribution in [3.63, 3.8) is 0 Å². The van der Waals surface area contributed by atoms with E-state index >= 15 is 0 Å². The molecule has 0 aromatic heterocycles. The molecule has 0 radical (unpaired) electrons. The lowest BCUT2D eigenvalue weighted by Crippen LogP contribution is -2.44. The van der Waals surface area contributed by atoms with Crippen LogP contribution in [0.5, 0.6) is 11.5 Å². The number of ether oxygens (including phenoxy) is 3. The lowest BCUT2D eigenvalue weighted by atomic mass is 9.72. The summed E-state index contributed by atoms with van der Waals surface area (Å²) in [6.45, 7) is 1.73. The van der Waals surface area contributed by atoms with Gasteiger partial charge >= 0.3 is 18.8 Å². The molecule has 3 aromatic rings. The maximum absolute atomic E-state index is 12.7. The normalized spacial score (nSPS) is 15.2. The fraction of sp³-hybridized carbons (Fsp3) is 0.345. The fourth-order valence-corrected chi connectivity index (χ4v) is 5.09. The number of carbonyl (C=O) groups is 1. The number of hydrogen-bond donors (Lipinski definition) is 2. The third-order valence-electron chi connectivity index (χ3n) is 7.03. The molecule has 1 aliphatic rings. The van der Waals surface area contributed by atoms with Crippen molar-refractivity contribution in [3.05, 3.63) is 89.5 Å². The van der Waals surface area contributed by atoms with E-state index in [0.717, 1.165) is 29.8 Å². The van der Waals surface area contributed by atoms with E-state index in [0.29, 0.717) is 38.2 Å². The zero-order valence-corrected chi connectivity index (χ0v) is 22.3. The number of aliphatic hydroxyl groups is 1. The number of anilines is 1. The number of likely N-dealkylation sites (tertiary alicyclic amines) is 1. The number of rotatable bonds is 8. The van der Waals surface area contributed by atoms with Gasteiger partial charge in [0.05, 0.1) is 7.11 Å². The molecule has 0 saturated carbocycles. The van der Waals surface area contributed by atoms with Crippen LogP contribution in [0.4, 0.5) is 36.8 Å². The van der Waals surface area contributed by atoms with E-state index in [4.69, 9.17) is 0 Å². The lowest BCUT2D eigenvalue weighted by molar-refractivity contribution is -0.275. The molecule has 7 nitrogen and oxygen atoms in total. The Morgan fingerprint density at radius 2 is 1.26 bits per heavy atom. The quantitative estimate of drug-likeness (QED) is 0.278. The Hall–Kier alpha value is -3.97. The molecule has 13 heteroatoms. The van der Waals surface area contributed by atoms with E-state index in [-0.39, 0.29) is 11.1 Å². The first kappa shape index (κ1) is 31.0. The zero-order chi connectivity index (χ0) is 30.5. The van der Waals surface area contributed by atoms with Crippen molar-refractivity contribution >= 4 is 11.8 Å². The zero-order valence-electron chi connectivity index (χ0n) is 22.3. The summed E-state index contributed by atoms with van der Waals surface area (Å²) in [7, 11) is 1.27. The number of hydrogen-bond acceptors (Lipinski definition) is 6. The Morgan fingerprint density at radius 1 is 0.810 bits per heavy atom. The summed E-state index contributed by atoms with van der Waals surface area (Å²) >= 11 is 0. The van der Waals surface area contributed by atoms with E-state index in [2.05, 4.69) is 24.4 Å². The van der Waals surface area contributed by atoms with Crippen molar-refractivity contribution in [2.75, 3.05) is 25.5 Å². The second-order valence-corrected chi connectivity index (χ2v) is 9.77. The number of nitrogens with one attached hydrogen (secondary N) is 1. The van der Waals surface area contributed by atoms with Crippen LogP contribution in [0.1, 0.15) is 29.5 Å². The van der Waals surface area contributed by atoms with Gasteiger partial charge in [0.15, 0.2) is 0 Å². The van der Waals surface area contributed by atoms with Gasteiger partial charge in [0.2, 0.25) is 0 Å². The number of piperidine rings is 1. The number of methoxy groups -OCH3 is 1. The number of amides is 1. The van der Waals surface area contributed by atoms with E-state index in [1.54, 1.807) is 12.1 Å². The molecule has 0 aliphatic carbocycles. The van der Waals surface area contributed by atoms with Gasteiger partial charge in [-0.25, -0.2) is 4.79 Å². The summed E-state index contributed by atoms with van der Waals surface area (Å²) in [5.41, 5.74) is 0.385. The van der Waals surface area contributed by atoms with Crippen LogP contribution in [0.25, 0.3) is 0 Å². The van der Waals surface area contributed by atoms with Gasteiger partial charge in [-0.15, -0.1) is 26.3 Å². The molecule has 0 bridgehead atoms. The second kappa shape index (κ2) is 12.5. The predicted octanol–water partition coefficient (Wildman–Crippen LogP) is 6.81. The first-order chi connectivity index (χ1) is 19.7. The molecule has 3 aromatic carbocycles. The van der Waals surface area contributed by atoms with Crippen molar-refractivity contribution < 1.29 is 50.5 Å². The SMILES string of the molecule is COC(=O)Nc1ccc(CN2CCC(C(O)(c3ccc(OC(F)(F)F)cc3)c3ccc(OC(F)(F)F)cc3)CC2)cc1. The molecule has 1 saturated heterocycles. The molecule has 1 amide bonds. The van der Waals surface area contributed by atoms with E-state index in [1.165, 1.54) is 31.4 Å². The molecule has 0 atom stereocenters. The predicted molar refractivity (Wildman–Crippen MR) is 140 cm³/mol. The van der Waals surface area contributed by atoms with Crippen molar-refractivity contribution in [2.24, 2.45) is 5.92 Å². The summed E-state index contributed by atoms with van der Waals surface area (Å²) in [5.74, 6) is -1.35. The molecule has 1 fully saturated rings. The van der Waals surface area contributed by atoms with Gasteiger partial charge in [-0.2, -0.15) is 0 Å². The van der Waals surface area contributed by atoms with Gasteiger partial charge in [0.1, 0.15) is 17.1 Å². The summed E-state index contributed by atoms with van der Waals surface area (Å²) in [4.78, 5) is 13.5. The Kier molecular flexibility index (Phi) is 9.21. The fourth-order valence-electron chi connectivity index (χ4n) is 5.09. The van der Waals surface area contributed by atoms with Gasteiger partial charge in [0.25, 0.3) is 0 Å². The molecule has 1 heterocycles. The summed E-state index contributed by atoms with van der Waals surface area (Å²) in [5, 5.41) is 14.7. The topological polar surface area (TPSA) is 80.3 Å². The van der Waals surface area contributed by atoms with Gasteiger partial charge in [-0.05, 0) is 84.9 Å². The van der Waals surface area contributed by atoms with Gasteiger partial charge in [0, 0.05) is 12.2 Å². The van der Waals surface area contributed by atoms with Crippen LogP contribution in [0, 0.1) is 5.92 Å². The highest BCUT2D eigenvalue weighted by Gasteiger charge is 2.42. The Labute approximate surface area is 237 Å². The van der Waals surface area contributed by atoms with Crippen LogP contribution in [-0.2, 0) is 16.9 Å². The van der Waals surface area contributed by atoms with Crippen molar-refractivity contribution in [1.29, 1.82) is 0 Å². The average Bonchev–Trinajstić information content (AvgIpc) is 2.93. The van der Waals surface area contributed by atoms with Gasteiger partial charge in [-0.3, -0.25) is 10.2 Å². The number of alkyl halides is 6. The number of nitrogens with zero attached hydrogens (tertiary/aromatic N) is 1. The Bertz CT molecular complexity index is 1260. The first-order valence-electron chi connectivity index (χ1n) is 12.9. The first-order valence-corrected chi connectivity index (χ1v) is 12.9. The molecule has 0 spiro atoms. The van der Waals surface area contributed by atoms with E-state index < -0.39 is 41.8 Å². The standard InChI is InChI=1S/C29H28F6N2O5/c1-40-26(38)36-23-8-2-19(3-9-23)18-37-16-14-22(15-17-37)27(39,20-4-10-24(11-5-20)41-28(30,31)32)21-6-12-25(13-7-21)42-29(33,34)35/h2-13,22,39H,14-18H2,1H3,(H,36,38). The van der Waals surface area contributed by atoms with Crippen LogP contribution in [0.2, 0.25) is 0 Å². The Balaban J connectivity index is 1.52. The molecule has 2 N–H and O–H groups in total. The van der Waals surface area contributed by atoms with Crippen LogP contribution >= 0.6 is 0 Å². The van der Waals surface area contributed by atoms with E-state index in [1.807, 2.05) is 12.1 Å². The number of halogens is 6. The molecule has 226 valence electrons. The molecule has 0 unspecified atom stereocenters. The smallest absolute Gasteiger partial charge is 0.453 e. The minimum absolute atomic E-state index is 0.272. The summed E-state index contributed by atoms with van der Waals surface area (Å²) in [6, 6.07) is 16.8. The largest absolute Gasteiger partial charge is 0.573 e. The van der Waals surface area contributed by atoms with Gasteiger partial charge in [-0.1, -0.05) is 36.4 Å². The molecule has 42 heavy (non-hydrogen) atoms. The highest BCUT2D eigenvalue weighted by atomic mass is 19.4. The summed E-state index contributed by atoms with van der Waals surface area (Å²) in [6.07, 6.45) is -9.39. The number of benzene rings is 3. The van der Waals surface area contributed by atoms with Crippen molar-refractivity contribution in [1.82, 2.24) is 4.90 Å². The summed E-state index contributed by atoms with van der Waals surface area (Å²) < 4.78 is 88.5. The second-order valence-electron chi connectivity index (χ2n) is 9.77. The van der Waals surface area contributed by atoms with Crippen molar-refractivity contribution in [3.8, 4) is 11.5 Å². The van der Waals surface area contributed by atoms with Crippen LogP contribution < -0.4 is 14.8 Å². The highest BCUT2D eigenvalue weighted by molar-refractivity contribution is 5.84. The van der Waals surface area contributed by atoms with Crippen LogP contribution in [0.3, 0.4) is 0 Å². The number of carbonyl (C=O) groups excluding carboxylic acids is 1. The Morgan fingerprint density at radius 3 is 1.67 bits per heavy atom. The average molecular weight is 599 g/mol. The lowest BCUT2D eigenvalue weighted by Gasteiger charge is -2.42.